The highest BCUT2D eigenvalue weighted by molar-refractivity contribution is 7.80. The van der Waals surface area contributed by atoms with E-state index in [0.717, 1.165) is 24.5 Å². The van der Waals surface area contributed by atoms with Gasteiger partial charge in [-0.3, -0.25) is 4.79 Å². The van der Waals surface area contributed by atoms with Crippen LogP contribution in [0.4, 0.5) is 24.5 Å². The molecule has 0 saturated carbocycles. The van der Waals surface area contributed by atoms with Gasteiger partial charge >= 0.3 is 0 Å². The summed E-state index contributed by atoms with van der Waals surface area (Å²) >= 11 is 4.31. The summed E-state index contributed by atoms with van der Waals surface area (Å²) < 4.78 is 41.1. The maximum absolute atomic E-state index is 14.2. The molecule has 1 N–H and O–H groups in total. The molecule has 2 heterocycles. The lowest BCUT2D eigenvalue weighted by molar-refractivity contribution is 0.0713. The number of aromatic nitrogens is 1. The molecule has 1 fully saturated rings. The smallest absolute Gasteiger partial charge is 0.257 e. The summed E-state index contributed by atoms with van der Waals surface area (Å²) in [5.41, 5.74) is 2.16. The lowest BCUT2D eigenvalue weighted by atomic mass is 9.89. The van der Waals surface area contributed by atoms with Gasteiger partial charge < -0.3 is 10.2 Å². The number of hydrogen-bond acceptors (Lipinski definition) is 4. The number of nitrogens with one attached hydrogen (secondary N) is 1. The number of rotatable bonds is 4. The van der Waals surface area contributed by atoms with Crippen LogP contribution in [0.15, 0.2) is 53.7 Å². The monoisotopic (exact) mass is 457 g/mol. The van der Waals surface area contributed by atoms with E-state index < -0.39 is 11.6 Å². The SMILES string of the molecule is Cc1c(S)ncc(C(=O)N2CCC(c3ccc(F)cc3)CC2)c1Nc1cccc(F)c1F. The number of halogens is 3. The number of thiol groups is 1. The summed E-state index contributed by atoms with van der Waals surface area (Å²) in [5, 5.41) is 3.25. The van der Waals surface area contributed by atoms with E-state index >= 15 is 0 Å². The highest BCUT2D eigenvalue weighted by atomic mass is 32.1. The molecule has 4 nitrogen and oxygen atoms in total. The molecule has 2 aromatic carbocycles. The van der Waals surface area contributed by atoms with E-state index in [2.05, 4.69) is 22.9 Å². The Morgan fingerprint density at radius 2 is 1.78 bits per heavy atom. The van der Waals surface area contributed by atoms with E-state index in [0.29, 0.717) is 29.4 Å². The number of nitrogens with zero attached hydrogens (tertiary/aromatic N) is 2. The molecule has 1 aliphatic rings. The third-order valence-electron chi connectivity index (χ3n) is 5.86. The minimum absolute atomic E-state index is 0.0731. The number of benzene rings is 2. The molecule has 0 atom stereocenters. The molecular weight excluding hydrogens is 435 g/mol. The van der Waals surface area contributed by atoms with Crippen LogP contribution in [-0.2, 0) is 0 Å². The zero-order valence-corrected chi connectivity index (χ0v) is 18.3. The second-order valence-electron chi connectivity index (χ2n) is 7.84. The van der Waals surface area contributed by atoms with Crippen molar-refractivity contribution >= 4 is 29.9 Å². The van der Waals surface area contributed by atoms with Gasteiger partial charge in [-0.25, -0.2) is 18.2 Å². The molecule has 3 aromatic rings. The third-order valence-corrected chi connectivity index (χ3v) is 6.31. The molecule has 1 aromatic heterocycles. The van der Waals surface area contributed by atoms with Gasteiger partial charge in [0, 0.05) is 24.8 Å². The van der Waals surface area contributed by atoms with E-state index in [4.69, 9.17) is 0 Å². The van der Waals surface area contributed by atoms with Crippen LogP contribution in [0.5, 0.6) is 0 Å². The Morgan fingerprint density at radius 1 is 1.09 bits per heavy atom. The minimum atomic E-state index is -1.03. The van der Waals surface area contributed by atoms with Gasteiger partial charge in [0.25, 0.3) is 5.91 Å². The van der Waals surface area contributed by atoms with Gasteiger partial charge in [-0.15, -0.1) is 12.6 Å². The first-order chi connectivity index (χ1) is 15.3. The van der Waals surface area contributed by atoms with Crippen LogP contribution in [0.25, 0.3) is 0 Å². The molecule has 1 amide bonds. The molecular formula is C24H22F3N3OS. The minimum Gasteiger partial charge on any atom is -0.352 e. The van der Waals surface area contributed by atoms with Gasteiger partial charge in [0.15, 0.2) is 11.6 Å². The predicted molar refractivity (Wildman–Crippen MR) is 120 cm³/mol. The van der Waals surface area contributed by atoms with Crippen molar-refractivity contribution in [1.82, 2.24) is 9.88 Å². The molecule has 0 radical (unpaired) electrons. The Labute approximate surface area is 189 Å². The highest BCUT2D eigenvalue weighted by Crippen LogP contribution is 2.33. The third kappa shape index (κ3) is 4.46. The average molecular weight is 458 g/mol. The fraction of sp³-hybridized carbons (Fsp3) is 0.250. The van der Waals surface area contributed by atoms with Crippen molar-refractivity contribution in [3.8, 4) is 0 Å². The van der Waals surface area contributed by atoms with E-state index in [-0.39, 0.29) is 28.9 Å². The van der Waals surface area contributed by atoms with Gasteiger partial charge in [-0.1, -0.05) is 18.2 Å². The number of pyridine rings is 1. The Morgan fingerprint density at radius 3 is 2.47 bits per heavy atom. The number of piperidine rings is 1. The summed E-state index contributed by atoms with van der Waals surface area (Å²) in [6.07, 6.45) is 2.90. The summed E-state index contributed by atoms with van der Waals surface area (Å²) in [6, 6.07) is 10.3. The number of amides is 1. The topological polar surface area (TPSA) is 45.2 Å². The Balaban J connectivity index is 1.56. The molecule has 1 aliphatic heterocycles. The van der Waals surface area contributed by atoms with Crippen molar-refractivity contribution in [2.75, 3.05) is 18.4 Å². The molecule has 166 valence electrons. The largest absolute Gasteiger partial charge is 0.352 e. The van der Waals surface area contributed by atoms with Gasteiger partial charge in [0.2, 0.25) is 0 Å². The second kappa shape index (κ2) is 9.24. The van der Waals surface area contributed by atoms with Crippen LogP contribution < -0.4 is 5.32 Å². The van der Waals surface area contributed by atoms with Crippen molar-refractivity contribution in [1.29, 1.82) is 0 Å². The van der Waals surface area contributed by atoms with Crippen LogP contribution in [0.1, 0.15) is 40.2 Å². The molecule has 0 aliphatic carbocycles. The van der Waals surface area contributed by atoms with Crippen LogP contribution in [0.2, 0.25) is 0 Å². The quantitative estimate of drug-likeness (QED) is 0.483. The van der Waals surface area contributed by atoms with Gasteiger partial charge in [-0.2, -0.15) is 0 Å². The van der Waals surface area contributed by atoms with Gasteiger partial charge in [-0.05, 0) is 55.5 Å². The van der Waals surface area contributed by atoms with Gasteiger partial charge in [0.05, 0.1) is 22.0 Å². The second-order valence-corrected chi connectivity index (χ2v) is 8.26. The van der Waals surface area contributed by atoms with Crippen molar-refractivity contribution in [2.45, 2.75) is 30.7 Å². The van der Waals surface area contributed by atoms with Crippen LogP contribution in [-0.4, -0.2) is 28.9 Å². The van der Waals surface area contributed by atoms with Crippen molar-refractivity contribution < 1.29 is 18.0 Å². The Hall–Kier alpha value is -3.00. The maximum atomic E-state index is 14.2. The molecule has 1 saturated heterocycles. The van der Waals surface area contributed by atoms with Crippen molar-refractivity contribution in [3.05, 3.63) is 82.8 Å². The van der Waals surface area contributed by atoms with Crippen LogP contribution in [0, 0.1) is 24.4 Å². The van der Waals surface area contributed by atoms with Crippen molar-refractivity contribution in [3.63, 3.8) is 0 Å². The van der Waals surface area contributed by atoms with Crippen LogP contribution in [0.3, 0.4) is 0 Å². The molecule has 0 spiro atoms. The fourth-order valence-corrected chi connectivity index (χ4v) is 4.15. The molecule has 8 heteroatoms. The van der Waals surface area contributed by atoms with Gasteiger partial charge in [0.1, 0.15) is 5.82 Å². The summed E-state index contributed by atoms with van der Waals surface area (Å²) in [7, 11) is 0. The van der Waals surface area contributed by atoms with Crippen LogP contribution >= 0.6 is 12.6 Å². The van der Waals surface area contributed by atoms with E-state index in [1.807, 2.05) is 0 Å². The fourth-order valence-electron chi connectivity index (χ4n) is 3.98. The maximum Gasteiger partial charge on any atom is 0.257 e. The zero-order chi connectivity index (χ0) is 22.8. The normalized spacial score (nSPS) is 14.5. The molecule has 32 heavy (non-hydrogen) atoms. The molecule has 0 bridgehead atoms. The van der Waals surface area contributed by atoms with E-state index in [1.165, 1.54) is 30.5 Å². The first kappa shape index (κ1) is 22.2. The number of carbonyl (C=O) groups excluding carboxylic acids is 1. The number of anilines is 2. The highest BCUT2D eigenvalue weighted by Gasteiger charge is 2.27. The lowest BCUT2D eigenvalue weighted by Crippen LogP contribution is -2.38. The van der Waals surface area contributed by atoms with E-state index in [9.17, 15) is 18.0 Å². The molecule has 4 rings (SSSR count). The average Bonchev–Trinajstić information content (AvgIpc) is 2.80. The number of hydrogen-bond donors (Lipinski definition) is 2. The lowest BCUT2D eigenvalue weighted by Gasteiger charge is -2.33. The summed E-state index contributed by atoms with van der Waals surface area (Å²) in [4.78, 5) is 19.2. The standard InChI is InChI=1S/C24H22F3N3OS/c1-14-22(29-20-4-2-3-19(26)21(20)27)18(13-28-23(14)32)24(31)30-11-9-16(10-12-30)15-5-7-17(25)8-6-15/h2-8,13,16H,9-12H2,1H3,(H2,28,29,32). The predicted octanol–water partition coefficient (Wildman–Crippen LogP) is 5.86. The summed E-state index contributed by atoms with van der Waals surface area (Å²) in [6.45, 7) is 2.76. The molecule has 0 unspecified atom stereocenters. The van der Waals surface area contributed by atoms with E-state index in [1.54, 1.807) is 24.0 Å². The van der Waals surface area contributed by atoms with Crippen molar-refractivity contribution in [2.24, 2.45) is 0 Å². The Kier molecular flexibility index (Phi) is 6.41. The number of likely N-dealkylation sites (tertiary alicyclic amines) is 1. The Bertz CT molecular complexity index is 1150. The first-order valence-electron chi connectivity index (χ1n) is 10.3. The zero-order valence-electron chi connectivity index (χ0n) is 17.4. The first-order valence-corrected chi connectivity index (χ1v) is 10.7. The number of carbonyl (C=O) groups is 1. The summed E-state index contributed by atoms with van der Waals surface area (Å²) in [5.74, 6) is -2.28.